The third kappa shape index (κ3) is 6.13. The number of unbranched alkanes of at least 4 members (excludes halogenated alkanes) is 1. The van der Waals surface area contributed by atoms with Crippen LogP contribution in [-0.2, 0) is 0 Å². The van der Waals surface area contributed by atoms with Crippen molar-refractivity contribution in [3.8, 4) is 0 Å². The standard InChI is InChI=1S/C19H22BrN3S/c1-4-5-9-14(2)22-15(3)23-19-18(12-16(20)13-21-19)24-17-10-7-6-8-11-17/h6-13H,4-5H2,1-3H3,(H,21,22,23)/b14-9-. The third-order valence-electron chi connectivity index (χ3n) is 3.16. The summed E-state index contributed by atoms with van der Waals surface area (Å²) in [5.41, 5.74) is 1.12. The number of benzene rings is 1. The van der Waals surface area contributed by atoms with E-state index in [0.29, 0.717) is 0 Å². The molecule has 0 aliphatic heterocycles. The number of hydrogen-bond acceptors (Lipinski definition) is 3. The predicted molar refractivity (Wildman–Crippen MR) is 107 cm³/mol. The highest BCUT2D eigenvalue weighted by molar-refractivity contribution is 9.10. The van der Waals surface area contributed by atoms with Gasteiger partial charge in [-0.15, -0.1) is 0 Å². The smallest absolute Gasteiger partial charge is 0.167 e. The van der Waals surface area contributed by atoms with Gasteiger partial charge in [-0.3, -0.25) is 0 Å². The van der Waals surface area contributed by atoms with Crippen molar-refractivity contribution in [2.75, 3.05) is 0 Å². The molecule has 5 heteroatoms. The highest BCUT2D eigenvalue weighted by atomic mass is 79.9. The first-order chi connectivity index (χ1) is 11.6. The second kappa shape index (κ2) is 9.64. The molecule has 2 rings (SSSR count). The van der Waals surface area contributed by atoms with E-state index in [9.17, 15) is 0 Å². The maximum atomic E-state index is 4.66. The van der Waals surface area contributed by atoms with Crippen LogP contribution in [0.4, 0.5) is 5.82 Å². The largest absolute Gasteiger partial charge is 0.348 e. The van der Waals surface area contributed by atoms with E-state index in [-0.39, 0.29) is 0 Å². The lowest BCUT2D eigenvalue weighted by Crippen LogP contribution is -2.17. The number of hydrogen-bond donors (Lipinski definition) is 1. The summed E-state index contributed by atoms with van der Waals surface area (Å²) in [4.78, 5) is 11.3. The van der Waals surface area contributed by atoms with E-state index in [2.05, 4.69) is 69.3 Å². The highest BCUT2D eigenvalue weighted by Gasteiger charge is 2.07. The van der Waals surface area contributed by atoms with Crippen molar-refractivity contribution < 1.29 is 0 Å². The summed E-state index contributed by atoms with van der Waals surface area (Å²) in [6, 6.07) is 12.3. The van der Waals surface area contributed by atoms with E-state index in [4.69, 9.17) is 0 Å². The molecule has 0 bridgehead atoms. The molecule has 0 radical (unpaired) electrons. The molecular weight excluding hydrogens is 382 g/mol. The Hall–Kier alpha value is -1.59. The average Bonchev–Trinajstić information content (AvgIpc) is 2.56. The van der Waals surface area contributed by atoms with Crippen LogP contribution in [0.15, 0.2) is 73.6 Å². The summed E-state index contributed by atoms with van der Waals surface area (Å²) >= 11 is 5.16. The SMILES string of the molecule is CCC/C=C(/C)N/C(C)=N/c1ncc(Br)cc1Sc1ccccc1. The Labute approximate surface area is 156 Å². The van der Waals surface area contributed by atoms with Crippen molar-refractivity contribution in [2.45, 2.75) is 43.4 Å². The van der Waals surface area contributed by atoms with E-state index in [0.717, 1.165) is 39.6 Å². The lowest BCUT2D eigenvalue weighted by Gasteiger charge is -2.09. The Morgan fingerprint density at radius 2 is 2.04 bits per heavy atom. The van der Waals surface area contributed by atoms with Gasteiger partial charge in [0.2, 0.25) is 0 Å². The van der Waals surface area contributed by atoms with Crippen molar-refractivity contribution in [3.63, 3.8) is 0 Å². The van der Waals surface area contributed by atoms with E-state index in [1.807, 2.05) is 25.1 Å². The Balaban J connectivity index is 2.21. The zero-order chi connectivity index (χ0) is 17.4. The Morgan fingerprint density at radius 1 is 1.29 bits per heavy atom. The van der Waals surface area contributed by atoms with E-state index < -0.39 is 0 Å². The summed E-state index contributed by atoms with van der Waals surface area (Å²) in [6.45, 7) is 6.19. The Morgan fingerprint density at radius 3 is 2.75 bits per heavy atom. The zero-order valence-electron chi connectivity index (χ0n) is 14.2. The molecule has 0 fully saturated rings. The number of rotatable bonds is 6. The molecule has 0 saturated heterocycles. The van der Waals surface area contributed by atoms with Crippen LogP contribution in [0.1, 0.15) is 33.6 Å². The normalized spacial score (nSPS) is 12.3. The molecule has 0 spiro atoms. The Kier molecular flexibility index (Phi) is 7.53. The fourth-order valence-corrected chi connectivity index (χ4v) is 3.48. The van der Waals surface area contributed by atoms with Crippen molar-refractivity contribution in [3.05, 3.63) is 58.8 Å². The third-order valence-corrected chi connectivity index (χ3v) is 4.62. The van der Waals surface area contributed by atoms with Gasteiger partial charge in [-0.1, -0.05) is 49.4 Å². The second-order valence-electron chi connectivity index (χ2n) is 5.39. The van der Waals surface area contributed by atoms with Crippen LogP contribution in [0.2, 0.25) is 0 Å². The van der Waals surface area contributed by atoms with Gasteiger partial charge in [-0.2, -0.15) is 0 Å². The molecule has 0 unspecified atom stereocenters. The minimum atomic E-state index is 0.723. The van der Waals surface area contributed by atoms with Crippen LogP contribution in [0.3, 0.4) is 0 Å². The number of nitrogens with zero attached hydrogens (tertiary/aromatic N) is 2. The van der Waals surface area contributed by atoms with Gasteiger partial charge in [0.15, 0.2) is 5.82 Å². The number of aromatic nitrogens is 1. The molecule has 1 N–H and O–H groups in total. The van der Waals surface area contributed by atoms with Gasteiger partial charge >= 0.3 is 0 Å². The number of pyridine rings is 1. The number of amidine groups is 1. The quantitative estimate of drug-likeness (QED) is 0.451. The summed E-state index contributed by atoms with van der Waals surface area (Å²) < 4.78 is 0.949. The van der Waals surface area contributed by atoms with Gasteiger partial charge in [0, 0.05) is 21.3 Å². The molecule has 1 heterocycles. The molecular formula is C19H22BrN3S. The van der Waals surface area contributed by atoms with Crippen LogP contribution >= 0.6 is 27.7 Å². The van der Waals surface area contributed by atoms with E-state index in [1.165, 1.54) is 4.90 Å². The molecule has 0 atom stereocenters. The van der Waals surface area contributed by atoms with E-state index >= 15 is 0 Å². The van der Waals surface area contributed by atoms with Gasteiger partial charge in [-0.25, -0.2) is 9.98 Å². The first-order valence-electron chi connectivity index (χ1n) is 7.96. The molecule has 0 amide bonds. The minimum Gasteiger partial charge on any atom is -0.348 e. The molecule has 2 aromatic rings. The maximum absolute atomic E-state index is 4.66. The van der Waals surface area contributed by atoms with Crippen molar-refractivity contribution in [2.24, 2.45) is 4.99 Å². The molecule has 0 aliphatic carbocycles. The topological polar surface area (TPSA) is 37.3 Å². The molecule has 0 saturated carbocycles. The second-order valence-corrected chi connectivity index (χ2v) is 7.42. The lowest BCUT2D eigenvalue weighted by atomic mass is 10.3. The number of allylic oxidation sites excluding steroid dienone is 2. The molecule has 1 aromatic heterocycles. The zero-order valence-corrected chi connectivity index (χ0v) is 16.6. The summed E-state index contributed by atoms with van der Waals surface area (Å²) in [6.07, 6.45) is 6.17. The number of nitrogens with one attached hydrogen (secondary N) is 1. The molecule has 126 valence electrons. The maximum Gasteiger partial charge on any atom is 0.167 e. The molecule has 1 aromatic carbocycles. The van der Waals surface area contributed by atoms with Gasteiger partial charge < -0.3 is 5.32 Å². The van der Waals surface area contributed by atoms with Crippen molar-refractivity contribution in [1.29, 1.82) is 0 Å². The van der Waals surface area contributed by atoms with Crippen LogP contribution < -0.4 is 5.32 Å². The van der Waals surface area contributed by atoms with Crippen molar-refractivity contribution in [1.82, 2.24) is 10.3 Å². The van der Waals surface area contributed by atoms with Gasteiger partial charge in [0.1, 0.15) is 5.84 Å². The fourth-order valence-electron chi connectivity index (χ4n) is 2.07. The predicted octanol–water partition coefficient (Wildman–Crippen LogP) is 6.34. The fraction of sp³-hybridized carbons (Fsp3) is 0.263. The first-order valence-corrected chi connectivity index (χ1v) is 9.57. The molecule has 0 aliphatic rings. The van der Waals surface area contributed by atoms with Crippen LogP contribution in [0.25, 0.3) is 0 Å². The monoisotopic (exact) mass is 403 g/mol. The molecule has 24 heavy (non-hydrogen) atoms. The highest BCUT2D eigenvalue weighted by Crippen LogP contribution is 2.35. The van der Waals surface area contributed by atoms with Crippen LogP contribution in [0.5, 0.6) is 0 Å². The van der Waals surface area contributed by atoms with Crippen molar-refractivity contribution >= 4 is 39.3 Å². The van der Waals surface area contributed by atoms with Gasteiger partial charge in [0.25, 0.3) is 0 Å². The molecule has 3 nitrogen and oxygen atoms in total. The summed E-state index contributed by atoms with van der Waals surface area (Å²) in [5, 5.41) is 3.32. The minimum absolute atomic E-state index is 0.723. The van der Waals surface area contributed by atoms with E-state index in [1.54, 1.807) is 18.0 Å². The number of aliphatic imine (C=N–C) groups is 1. The first kappa shape index (κ1) is 18.7. The van der Waals surface area contributed by atoms with Gasteiger partial charge in [-0.05, 0) is 54.4 Å². The van der Waals surface area contributed by atoms with Crippen LogP contribution in [-0.4, -0.2) is 10.8 Å². The Bertz CT molecular complexity index is 727. The van der Waals surface area contributed by atoms with Gasteiger partial charge in [0.05, 0.1) is 4.90 Å². The number of halogens is 1. The van der Waals surface area contributed by atoms with Crippen LogP contribution in [0, 0.1) is 0 Å². The average molecular weight is 404 g/mol. The summed E-state index contributed by atoms with van der Waals surface area (Å²) in [5.74, 6) is 1.56. The lowest BCUT2D eigenvalue weighted by molar-refractivity contribution is 0.931. The summed E-state index contributed by atoms with van der Waals surface area (Å²) in [7, 11) is 0.